The van der Waals surface area contributed by atoms with E-state index in [1.165, 1.54) is 12.8 Å². The van der Waals surface area contributed by atoms with E-state index >= 15 is 0 Å². The fraction of sp³-hybridized carbons (Fsp3) is 0.727. The molecule has 0 saturated carbocycles. The molecule has 1 aromatic heterocycles. The SMILES string of the molecule is CCCCc1ncn(CC(C)C)c1N. The van der Waals surface area contributed by atoms with Gasteiger partial charge in [-0.25, -0.2) is 4.98 Å². The molecule has 0 fully saturated rings. The normalized spacial score (nSPS) is 11.1. The standard InChI is InChI=1S/C11H21N3/c1-4-5-6-10-11(12)14(8-13-10)7-9(2)3/h8-9H,4-7,12H2,1-3H3. The topological polar surface area (TPSA) is 43.8 Å². The third kappa shape index (κ3) is 2.76. The summed E-state index contributed by atoms with van der Waals surface area (Å²) in [5, 5.41) is 0. The minimum atomic E-state index is 0.616. The summed E-state index contributed by atoms with van der Waals surface area (Å²) in [6.45, 7) is 7.52. The number of unbranched alkanes of at least 4 members (excludes halogenated alkanes) is 1. The summed E-state index contributed by atoms with van der Waals surface area (Å²) in [6, 6.07) is 0. The summed E-state index contributed by atoms with van der Waals surface area (Å²) in [5.74, 6) is 1.47. The number of hydrogen-bond donors (Lipinski definition) is 1. The molecule has 0 bridgehead atoms. The van der Waals surface area contributed by atoms with Crippen LogP contribution < -0.4 is 5.73 Å². The van der Waals surface area contributed by atoms with Crippen LogP contribution in [-0.2, 0) is 13.0 Å². The molecule has 14 heavy (non-hydrogen) atoms. The summed E-state index contributed by atoms with van der Waals surface area (Å²) in [4.78, 5) is 4.34. The highest BCUT2D eigenvalue weighted by molar-refractivity contribution is 5.35. The number of rotatable bonds is 5. The van der Waals surface area contributed by atoms with Crippen molar-refractivity contribution in [1.82, 2.24) is 9.55 Å². The lowest BCUT2D eigenvalue weighted by molar-refractivity contribution is 0.527. The Kier molecular flexibility index (Phi) is 3.98. The second-order valence-corrected chi connectivity index (χ2v) is 4.23. The summed E-state index contributed by atoms with van der Waals surface area (Å²) in [7, 11) is 0. The first-order valence-corrected chi connectivity index (χ1v) is 5.44. The maximum atomic E-state index is 5.99. The van der Waals surface area contributed by atoms with Crippen LogP contribution in [0.5, 0.6) is 0 Å². The van der Waals surface area contributed by atoms with Gasteiger partial charge in [-0.2, -0.15) is 0 Å². The van der Waals surface area contributed by atoms with E-state index in [2.05, 4.69) is 30.3 Å². The minimum Gasteiger partial charge on any atom is -0.384 e. The Hall–Kier alpha value is -0.990. The predicted octanol–water partition coefficient (Wildman–Crippen LogP) is 2.46. The van der Waals surface area contributed by atoms with Gasteiger partial charge >= 0.3 is 0 Å². The zero-order valence-corrected chi connectivity index (χ0v) is 9.45. The van der Waals surface area contributed by atoms with Gasteiger partial charge in [0, 0.05) is 6.54 Å². The van der Waals surface area contributed by atoms with Crippen molar-refractivity contribution in [2.45, 2.75) is 46.6 Å². The quantitative estimate of drug-likeness (QED) is 0.784. The van der Waals surface area contributed by atoms with Crippen molar-refractivity contribution < 1.29 is 0 Å². The van der Waals surface area contributed by atoms with Crippen LogP contribution in [0.15, 0.2) is 6.33 Å². The molecule has 1 aromatic rings. The van der Waals surface area contributed by atoms with E-state index < -0.39 is 0 Å². The maximum Gasteiger partial charge on any atom is 0.126 e. The van der Waals surface area contributed by atoms with Gasteiger partial charge in [-0.05, 0) is 18.8 Å². The van der Waals surface area contributed by atoms with Gasteiger partial charge in [-0.1, -0.05) is 27.2 Å². The van der Waals surface area contributed by atoms with Gasteiger partial charge in [0.25, 0.3) is 0 Å². The molecule has 0 saturated heterocycles. The maximum absolute atomic E-state index is 5.99. The van der Waals surface area contributed by atoms with Crippen LogP contribution >= 0.6 is 0 Å². The van der Waals surface area contributed by atoms with Crippen LogP contribution in [0.1, 0.15) is 39.3 Å². The van der Waals surface area contributed by atoms with Crippen LogP contribution in [0, 0.1) is 5.92 Å². The summed E-state index contributed by atoms with van der Waals surface area (Å²) < 4.78 is 2.05. The van der Waals surface area contributed by atoms with E-state index in [-0.39, 0.29) is 0 Å². The Morgan fingerprint density at radius 3 is 2.79 bits per heavy atom. The van der Waals surface area contributed by atoms with Gasteiger partial charge in [-0.15, -0.1) is 0 Å². The van der Waals surface area contributed by atoms with Crippen molar-refractivity contribution >= 4 is 5.82 Å². The molecule has 2 N–H and O–H groups in total. The Bertz CT molecular complexity index is 276. The smallest absolute Gasteiger partial charge is 0.126 e. The third-order valence-electron chi connectivity index (χ3n) is 2.29. The molecule has 3 nitrogen and oxygen atoms in total. The second-order valence-electron chi connectivity index (χ2n) is 4.23. The fourth-order valence-corrected chi connectivity index (χ4v) is 1.51. The molecular weight excluding hydrogens is 174 g/mol. The minimum absolute atomic E-state index is 0.616. The van der Waals surface area contributed by atoms with Crippen molar-refractivity contribution in [3.05, 3.63) is 12.0 Å². The number of anilines is 1. The van der Waals surface area contributed by atoms with Crippen molar-refractivity contribution in [3.8, 4) is 0 Å². The molecule has 0 aliphatic carbocycles. The van der Waals surface area contributed by atoms with Crippen LogP contribution in [0.3, 0.4) is 0 Å². The van der Waals surface area contributed by atoms with Crippen molar-refractivity contribution in [2.75, 3.05) is 5.73 Å². The third-order valence-corrected chi connectivity index (χ3v) is 2.29. The number of nitrogens with two attached hydrogens (primary N) is 1. The molecule has 0 aromatic carbocycles. The summed E-state index contributed by atoms with van der Waals surface area (Å²) in [5.41, 5.74) is 7.06. The van der Waals surface area contributed by atoms with Gasteiger partial charge in [0.2, 0.25) is 0 Å². The lowest BCUT2D eigenvalue weighted by atomic mass is 10.2. The first-order valence-electron chi connectivity index (χ1n) is 5.44. The lowest BCUT2D eigenvalue weighted by Gasteiger charge is -2.07. The Morgan fingerprint density at radius 1 is 1.50 bits per heavy atom. The van der Waals surface area contributed by atoms with Crippen LogP contribution in [0.2, 0.25) is 0 Å². The van der Waals surface area contributed by atoms with Gasteiger partial charge < -0.3 is 10.3 Å². The zero-order chi connectivity index (χ0) is 10.6. The molecule has 0 atom stereocenters. The Morgan fingerprint density at radius 2 is 2.21 bits per heavy atom. The molecule has 0 unspecified atom stereocenters. The van der Waals surface area contributed by atoms with Gasteiger partial charge in [0.15, 0.2) is 0 Å². The number of nitrogen functional groups attached to an aromatic ring is 1. The molecule has 0 aliphatic heterocycles. The van der Waals surface area contributed by atoms with Crippen LogP contribution in [-0.4, -0.2) is 9.55 Å². The summed E-state index contributed by atoms with van der Waals surface area (Å²) >= 11 is 0. The Labute approximate surface area is 86.3 Å². The first-order chi connectivity index (χ1) is 6.65. The monoisotopic (exact) mass is 195 g/mol. The number of hydrogen-bond acceptors (Lipinski definition) is 2. The number of aryl methyl sites for hydroxylation is 1. The molecule has 0 spiro atoms. The largest absolute Gasteiger partial charge is 0.384 e. The number of aromatic nitrogens is 2. The van der Waals surface area contributed by atoms with Gasteiger partial charge in [-0.3, -0.25) is 0 Å². The van der Waals surface area contributed by atoms with E-state index in [9.17, 15) is 0 Å². The van der Waals surface area contributed by atoms with Gasteiger partial charge in [0.05, 0.1) is 12.0 Å². The molecule has 1 heterocycles. The molecule has 80 valence electrons. The lowest BCUT2D eigenvalue weighted by Crippen LogP contribution is -2.07. The molecule has 0 radical (unpaired) electrons. The number of imidazole rings is 1. The second kappa shape index (κ2) is 5.03. The molecule has 0 amide bonds. The first kappa shape index (κ1) is 11.1. The van der Waals surface area contributed by atoms with Crippen molar-refractivity contribution in [3.63, 3.8) is 0 Å². The summed E-state index contributed by atoms with van der Waals surface area (Å²) in [6.07, 6.45) is 5.23. The van der Waals surface area contributed by atoms with Crippen LogP contribution in [0.4, 0.5) is 5.82 Å². The Balaban J connectivity index is 2.65. The predicted molar refractivity (Wildman–Crippen MR) is 60.1 cm³/mol. The van der Waals surface area contributed by atoms with Crippen molar-refractivity contribution in [2.24, 2.45) is 5.92 Å². The fourth-order valence-electron chi connectivity index (χ4n) is 1.51. The molecule has 1 rings (SSSR count). The average molecular weight is 195 g/mol. The molecular formula is C11H21N3. The molecule has 0 aliphatic rings. The zero-order valence-electron chi connectivity index (χ0n) is 9.45. The van der Waals surface area contributed by atoms with E-state index in [4.69, 9.17) is 5.73 Å². The van der Waals surface area contributed by atoms with Crippen molar-refractivity contribution in [1.29, 1.82) is 0 Å². The van der Waals surface area contributed by atoms with E-state index in [1.54, 1.807) is 0 Å². The highest BCUT2D eigenvalue weighted by Gasteiger charge is 2.07. The van der Waals surface area contributed by atoms with Crippen LogP contribution in [0.25, 0.3) is 0 Å². The number of nitrogens with zero attached hydrogens (tertiary/aromatic N) is 2. The van der Waals surface area contributed by atoms with Gasteiger partial charge in [0.1, 0.15) is 5.82 Å². The average Bonchev–Trinajstić information content (AvgIpc) is 2.45. The highest BCUT2D eigenvalue weighted by Crippen LogP contribution is 2.14. The molecule has 3 heteroatoms. The van der Waals surface area contributed by atoms with E-state index in [0.717, 1.165) is 24.5 Å². The van der Waals surface area contributed by atoms with E-state index in [1.807, 2.05) is 6.33 Å². The highest BCUT2D eigenvalue weighted by atomic mass is 15.1. The van der Waals surface area contributed by atoms with E-state index in [0.29, 0.717) is 5.92 Å².